The van der Waals surface area contributed by atoms with E-state index in [-0.39, 0.29) is 11.9 Å². The van der Waals surface area contributed by atoms with Crippen molar-refractivity contribution in [1.82, 2.24) is 15.3 Å². The molecule has 0 fully saturated rings. The van der Waals surface area contributed by atoms with Crippen molar-refractivity contribution in [1.29, 1.82) is 0 Å². The summed E-state index contributed by atoms with van der Waals surface area (Å²) in [5.41, 5.74) is 0. The van der Waals surface area contributed by atoms with Crippen molar-refractivity contribution in [3.63, 3.8) is 0 Å². The molecule has 0 aliphatic carbocycles. The number of nitrogens with zero attached hydrogens (tertiary/aromatic N) is 1. The van der Waals surface area contributed by atoms with Crippen molar-refractivity contribution < 1.29 is 4.79 Å². The Morgan fingerprint density at radius 3 is 3.15 bits per heavy atom. The molecule has 1 rings (SSSR count). The van der Waals surface area contributed by atoms with Gasteiger partial charge in [-0.15, -0.1) is 0 Å². The van der Waals surface area contributed by atoms with Crippen LogP contribution in [0.25, 0.3) is 0 Å². The van der Waals surface area contributed by atoms with Gasteiger partial charge in [-0.05, 0) is 12.5 Å². The molecule has 0 bridgehead atoms. The molecule has 1 aromatic rings. The molecule has 1 aromatic heterocycles. The second-order valence-electron chi connectivity index (χ2n) is 2.65. The number of aromatic nitrogens is 2. The van der Waals surface area contributed by atoms with Crippen LogP contribution in [0.15, 0.2) is 25.0 Å². The summed E-state index contributed by atoms with van der Waals surface area (Å²) in [6.07, 6.45) is 5.45. The largest absolute Gasteiger partial charge is 0.347 e. The minimum Gasteiger partial charge on any atom is -0.347 e. The molecule has 0 radical (unpaired) electrons. The highest BCUT2D eigenvalue weighted by molar-refractivity contribution is 5.87. The fourth-order valence-corrected chi connectivity index (χ4v) is 1.06. The average molecular weight is 179 g/mol. The normalized spacial score (nSPS) is 12.1. The predicted molar refractivity (Wildman–Crippen MR) is 50.0 cm³/mol. The van der Waals surface area contributed by atoms with E-state index in [1.165, 1.54) is 6.08 Å². The highest BCUT2D eigenvalue weighted by Crippen LogP contribution is 2.10. The average Bonchev–Trinajstić information content (AvgIpc) is 2.66. The summed E-state index contributed by atoms with van der Waals surface area (Å²) in [6, 6.07) is -0.0551. The Labute approximate surface area is 77.1 Å². The topological polar surface area (TPSA) is 57.8 Å². The van der Waals surface area contributed by atoms with Crippen molar-refractivity contribution in [2.75, 3.05) is 0 Å². The predicted octanol–water partition coefficient (Wildman–Crippen LogP) is 1.16. The van der Waals surface area contributed by atoms with E-state index in [1.807, 2.05) is 6.92 Å². The Bertz CT molecular complexity index is 279. The van der Waals surface area contributed by atoms with Crippen LogP contribution in [0, 0.1) is 0 Å². The van der Waals surface area contributed by atoms with Crippen LogP contribution in [0.2, 0.25) is 0 Å². The summed E-state index contributed by atoms with van der Waals surface area (Å²) >= 11 is 0. The molecule has 13 heavy (non-hydrogen) atoms. The zero-order valence-electron chi connectivity index (χ0n) is 7.58. The number of amides is 1. The number of hydrogen-bond donors (Lipinski definition) is 2. The second-order valence-corrected chi connectivity index (χ2v) is 2.65. The minimum atomic E-state index is -0.178. The van der Waals surface area contributed by atoms with Crippen LogP contribution in [0.1, 0.15) is 25.2 Å². The van der Waals surface area contributed by atoms with E-state index < -0.39 is 0 Å². The van der Waals surface area contributed by atoms with E-state index >= 15 is 0 Å². The van der Waals surface area contributed by atoms with Crippen LogP contribution >= 0.6 is 0 Å². The molecular weight excluding hydrogens is 166 g/mol. The first kappa shape index (κ1) is 9.51. The van der Waals surface area contributed by atoms with Crippen LogP contribution in [0.5, 0.6) is 0 Å². The quantitative estimate of drug-likeness (QED) is 0.681. The number of nitrogens with one attached hydrogen (secondary N) is 2. The summed E-state index contributed by atoms with van der Waals surface area (Å²) in [5, 5.41) is 2.77. The third-order valence-electron chi connectivity index (χ3n) is 1.76. The van der Waals surface area contributed by atoms with E-state index in [2.05, 4.69) is 21.9 Å². The summed E-state index contributed by atoms with van der Waals surface area (Å²) < 4.78 is 0. The number of hydrogen-bond acceptors (Lipinski definition) is 2. The van der Waals surface area contributed by atoms with E-state index in [4.69, 9.17) is 0 Å². The lowest BCUT2D eigenvalue weighted by Gasteiger charge is -2.12. The summed E-state index contributed by atoms with van der Waals surface area (Å²) in [5.74, 6) is 0.598. The standard InChI is InChI=1S/C9H13N3O/c1-3-7(12-8(13)4-2)9-10-5-6-11-9/h4-7H,2-3H2,1H3,(H,10,11)(H,12,13). The van der Waals surface area contributed by atoms with Gasteiger partial charge in [0.2, 0.25) is 5.91 Å². The molecule has 0 saturated heterocycles. The molecule has 0 aromatic carbocycles. The third kappa shape index (κ3) is 2.43. The molecule has 0 spiro atoms. The van der Waals surface area contributed by atoms with E-state index in [0.717, 1.165) is 12.2 Å². The number of aromatic amines is 1. The van der Waals surface area contributed by atoms with Gasteiger partial charge < -0.3 is 10.3 Å². The van der Waals surface area contributed by atoms with Gasteiger partial charge in [0, 0.05) is 12.4 Å². The van der Waals surface area contributed by atoms with E-state index in [9.17, 15) is 4.79 Å². The van der Waals surface area contributed by atoms with Crippen LogP contribution < -0.4 is 5.32 Å². The Morgan fingerprint density at radius 2 is 2.69 bits per heavy atom. The molecule has 0 saturated carbocycles. The highest BCUT2D eigenvalue weighted by Gasteiger charge is 2.12. The van der Waals surface area contributed by atoms with Crippen molar-refractivity contribution >= 4 is 5.91 Å². The Balaban J connectivity index is 2.63. The van der Waals surface area contributed by atoms with Gasteiger partial charge in [0.25, 0.3) is 0 Å². The molecule has 4 nitrogen and oxygen atoms in total. The highest BCUT2D eigenvalue weighted by atomic mass is 16.1. The molecule has 2 N–H and O–H groups in total. The maximum atomic E-state index is 11.0. The van der Waals surface area contributed by atoms with Crippen LogP contribution in [-0.2, 0) is 4.79 Å². The first-order chi connectivity index (χ1) is 6.27. The monoisotopic (exact) mass is 179 g/mol. The minimum absolute atomic E-state index is 0.0551. The number of carbonyl (C=O) groups is 1. The third-order valence-corrected chi connectivity index (χ3v) is 1.76. The maximum Gasteiger partial charge on any atom is 0.243 e. The molecule has 70 valence electrons. The van der Waals surface area contributed by atoms with E-state index in [1.54, 1.807) is 12.4 Å². The van der Waals surface area contributed by atoms with Gasteiger partial charge in [-0.2, -0.15) is 0 Å². The lowest BCUT2D eigenvalue weighted by molar-refractivity contribution is -0.117. The molecule has 1 amide bonds. The van der Waals surface area contributed by atoms with E-state index in [0.29, 0.717) is 0 Å². The first-order valence-corrected chi connectivity index (χ1v) is 4.20. The smallest absolute Gasteiger partial charge is 0.243 e. The maximum absolute atomic E-state index is 11.0. The summed E-state index contributed by atoms with van der Waals surface area (Å²) in [7, 11) is 0. The summed E-state index contributed by atoms with van der Waals surface area (Å²) in [6.45, 7) is 5.37. The Kier molecular flexibility index (Phi) is 3.25. The molecule has 1 heterocycles. The van der Waals surface area contributed by atoms with Gasteiger partial charge in [0.1, 0.15) is 5.82 Å². The molecule has 0 aliphatic heterocycles. The number of carbonyl (C=O) groups excluding carboxylic acids is 1. The van der Waals surface area contributed by atoms with Crippen molar-refractivity contribution in [3.8, 4) is 0 Å². The van der Waals surface area contributed by atoms with Gasteiger partial charge in [-0.3, -0.25) is 4.79 Å². The van der Waals surface area contributed by atoms with Gasteiger partial charge in [0.15, 0.2) is 0 Å². The van der Waals surface area contributed by atoms with Crippen LogP contribution in [-0.4, -0.2) is 15.9 Å². The van der Waals surface area contributed by atoms with Crippen molar-refractivity contribution in [2.45, 2.75) is 19.4 Å². The Hall–Kier alpha value is -1.58. The zero-order valence-corrected chi connectivity index (χ0v) is 7.58. The fourth-order valence-electron chi connectivity index (χ4n) is 1.06. The van der Waals surface area contributed by atoms with Crippen LogP contribution in [0.3, 0.4) is 0 Å². The number of imidazole rings is 1. The molecule has 1 unspecified atom stereocenters. The van der Waals surface area contributed by atoms with Gasteiger partial charge in [0.05, 0.1) is 6.04 Å². The Morgan fingerprint density at radius 1 is 1.92 bits per heavy atom. The lowest BCUT2D eigenvalue weighted by atomic mass is 10.2. The van der Waals surface area contributed by atoms with Crippen molar-refractivity contribution in [3.05, 3.63) is 30.9 Å². The first-order valence-electron chi connectivity index (χ1n) is 4.20. The van der Waals surface area contributed by atoms with Crippen LogP contribution in [0.4, 0.5) is 0 Å². The summed E-state index contributed by atoms with van der Waals surface area (Å²) in [4.78, 5) is 18.0. The fraction of sp³-hybridized carbons (Fsp3) is 0.333. The zero-order chi connectivity index (χ0) is 9.68. The molecule has 0 aliphatic rings. The second kappa shape index (κ2) is 4.45. The van der Waals surface area contributed by atoms with Gasteiger partial charge >= 0.3 is 0 Å². The van der Waals surface area contributed by atoms with Gasteiger partial charge in [-0.1, -0.05) is 13.5 Å². The van der Waals surface area contributed by atoms with Crippen molar-refractivity contribution in [2.24, 2.45) is 0 Å². The molecule has 4 heteroatoms. The number of rotatable bonds is 4. The molecule has 1 atom stereocenters. The lowest BCUT2D eigenvalue weighted by Crippen LogP contribution is -2.26. The van der Waals surface area contributed by atoms with Gasteiger partial charge in [-0.25, -0.2) is 4.98 Å². The number of H-pyrrole nitrogens is 1. The SMILES string of the molecule is C=CC(=O)NC(CC)c1ncc[nH]1. The molecular formula is C9H13N3O.